The Morgan fingerprint density at radius 3 is 2.90 bits per heavy atom. The lowest BCUT2D eigenvalue weighted by Gasteiger charge is -2.21. The number of rotatable bonds is 4. The summed E-state index contributed by atoms with van der Waals surface area (Å²) in [5.74, 6) is -0.920. The van der Waals surface area contributed by atoms with Crippen LogP contribution in [0.25, 0.3) is 0 Å². The van der Waals surface area contributed by atoms with Crippen LogP contribution in [0.2, 0.25) is 0 Å². The topological polar surface area (TPSA) is 49.4 Å². The third-order valence-electron chi connectivity index (χ3n) is 3.22. The molecule has 1 aromatic rings. The standard InChI is InChI=1S/C14H16BrFN2O2/c1-9(8-18-6-2-3-13(18)19)17-14(20)11-5-4-10(15)7-12(11)16/h4-5,7,9H,2-3,6,8H2,1H3,(H,17,20). The molecule has 1 aromatic carbocycles. The van der Waals surface area contributed by atoms with Crippen LogP contribution in [-0.2, 0) is 4.79 Å². The van der Waals surface area contributed by atoms with Crippen LogP contribution in [0.15, 0.2) is 22.7 Å². The molecular formula is C14H16BrFN2O2. The minimum atomic E-state index is -0.568. The maximum absolute atomic E-state index is 13.7. The first kappa shape index (κ1) is 15.0. The maximum atomic E-state index is 13.7. The number of halogens is 2. The van der Waals surface area contributed by atoms with Crippen LogP contribution in [0.4, 0.5) is 4.39 Å². The predicted molar refractivity (Wildman–Crippen MR) is 76.8 cm³/mol. The van der Waals surface area contributed by atoms with E-state index in [4.69, 9.17) is 0 Å². The van der Waals surface area contributed by atoms with Gasteiger partial charge in [-0.05, 0) is 31.5 Å². The van der Waals surface area contributed by atoms with Crippen molar-refractivity contribution in [1.29, 1.82) is 0 Å². The van der Waals surface area contributed by atoms with E-state index in [1.165, 1.54) is 12.1 Å². The summed E-state index contributed by atoms with van der Waals surface area (Å²) in [6.07, 6.45) is 1.43. The molecule has 1 atom stereocenters. The quantitative estimate of drug-likeness (QED) is 0.912. The van der Waals surface area contributed by atoms with E-state index >= 15 is 0 Å². The van der Waals surface area contributed by atoms with Crippen LogP contribution in [0.5, 0.6) is 0 Å². The van der Waals surface area contributed by atoms with Crippen molar-refractivity contribution in [2.75, 3.05) is 13.1 Å². The van der Waals surface area contributed by atoms with E-state index in [1.54, 1.807) is 17.9 Å². The summed E-state index contributed by atoms with van der Waals surface area (Å²) in [5.41, 5.74) is 0.00722. The summed E-state index contributed by atoms with van der Waals surface area (Å²) >= 11 is 3.15. The molecule has 0 saturated carbocycles. The fourth-order valence-electron chi connectivity index (χ4n) is 2.25. The van der Waals surface area contributed by atoms with Gasteiger partial charge in [0.05, 0.1) is 5.56 Å². The van der Waals surface area contributed by atoms with E-state index in [1.807, 2.05) is 0 Å². The highest BCUT2D eigenvalue weighted by Gasteiger charge is 2.23. The molecule has 2 amide bonds. The molecule has 1 N–H and O–H groups in total. The number of carbonyl (C=O) groups excluding carboxylic acids is 2. The number of likely N-dealkylation sites (tertiary alicyclic amines) is 1. The van der Waals surface area contributed by atoms with Gasteiger partial charge in [-0.1, -0.05) is 15.9 Å². The lowest BCUT2D eigenvalue weighted by Crippen LogP contribution is -2.42. The first-order valence-electron chi connectivity index (χ1n) is 6.51. The molecule has 0 bridgehead atoms. The smallest absolute Gasteiger partial charge is 0.254 e. The van der Waals surface area contributed by atoms with Crippen LogP contribution in [0.3, 0.4) is 0 Å². The molecule has 20 heavy (non-hydrogen) atoms. The van der Waals surface area contributed by atoms with Crippen molar-refractivity contribution in [3.8, 4) is 0 Å². The third kappa shape index (κ3) is 3.56. The first-order valence-corrected chi connectivity index (χ1v) is 7.30. The van der Waals surface area contributed by atoms with E-state index in [0.29, 0.717) is 17.4 Å². The molecule has 1 fully saturated rings. The zero-order valence-electron chi connectivity index (χ0n) is 11.2. The van der Waals surface area contributed by atoms with Crippen molar-refractivity contribution in [3.05, 3.63) is 34.1 Å². The SMILES string of the molecule is CC(CN1CCCC1=O)NC(=O)c1ccc(Br)cc1F. The molecule has 1 heterocycles. The van der Waals surface area contributed by atoms with Crippen molar-refractivity contribution in [1.82, 2.24) is 10.2 Å². The number of nitrogens with zero attached hydrogens (tertiary/aromatic N) is 1. The second-order valence-electron chi connectivity index (χ2n) is 4.94. The first-order chi connectivity index (χ1) is 9.47. The Kier molecular flexibility index (Phi) is 4.75. The van der Waals surface area contributed by atoms with Crippen molar-refractivity contribution >= 4 is 27.7 Å². The zero-order valence-corrected chi connectivity index (χ0v) is 12.7. The van der Waals surface area contributed by atoms with Gasteiger partial charge in [-0.3, -0.25) is 9.59 Å². The highest BCUT2D eigenvalue weighted by Crippen LogP contribution is 2.15. The second kappa shape index (κ2) is 6.35. The predicted octanol–water partition coefficient (Wildman–Crippen LogP) is 2.33. The minimum Gasteiger partial charge on any atom is -0.348 e. The highest BCUT2D eigenvalue weighted by atomic mass is 79.9. The van der Waals surface area contributed by atoms with Crippen LogP contribution < -0.4 is 5.32 Å². The van der Waals surface area contributed by atoms with E-state index in [2.05, 4.69) is 21.2 Å². The average Bonchev–Trinajstić information content (AvgIpc) is 2.74. The molecule has 0 aromatic heterocycles. The van der Waals surface area contributed by atoms with Gasteiger partial charge in [0.15, 0.2) is 0 Å². The Labute approximate surface area is 125 Å². The Bertz CT molecular complexity index is 536. The lowest BCUT2D eigenvalue weighted by molar-refractivity contribution is -0.127. The summed E-state index contributed by atoms with van der Waals surface area (Å²) in [6.45, 7) is 2.99. The van der Waals surface area contributed by atoms with Gasteiger partial charge in [-0.15, -0.1) is 0 Å². The van der Waals surface area contributed by atoms with Gasteiger partial charge in [-0.2, -0.15) is 0 Å². The van der Waals surface area contributed by atoms with Crippen molar-refractivity contribution in [2.45, 2.75) is 25.8 Å². The molecule has 4 nitrogen and oxygen atoms in total. The normalized spacial score (nSPS) is 16.4. The maximum Gasteiger partial charge on any atom is 0.254 e. The molecule has 0 radical (unpaired) electrons. The highest BCUT2D eigenvalue weighted by molar-refractivity contribution is 9.10. The number of benzene rings is 1. The molecule has 1 unspecified atom stereocenters. The van der Waals surface area contributed by atoms with Crippen LogP contribution in [0.1, 0.15) is 30.1 Å². The lowest BCUT2D eigenvalue weighted by atomic mass is 10.2. The molecule has 6 heteroatoms. The molecule has 108 valence electrons. The van der Waals surface area contributed by atoms with E-state index in [0.717, 1.165) is 13.0 Å². The molecular weight excluding hydrogens is 327 g/mol. The van der Waals surface area contributed by atoms with Crippen molar-refractivity contribution < 1.29 is 14.0 Å². The average molecular weight is 343 g/mol. The van der Waals surface area contributed by atoms with Gasteiger partial charge in [0.2, 0.25) is 5.91 Å². The fraction of sp³-hybridized carbons (Fsp3) is 0.429. The van der Waals surface area contributed by atoms with Gasteiger partial charge >= 0.3 is 0 Å². The number of hydrogen-bond donors (Lipinski definition) is 1. The monoisotopic (exact) mass is 342 g/mol. The van der Waals surface area contributed by atoms with E-state index in [9.17, 15) is 14.0 Å². The molecule has 1 saturated heterocycles. The van der Waals surface area contributed by atoms with E-state index in [-0.39, 0.29) is 17.5 Å². The Hall–Kier alpha value is -1.43. The summed E-state index contributed by atoms with van der Waals surface area (Å²) in [7, 11) is 0. The van der Waals surface area contributed by atoms with Crippen LogP contribution in [0, 0.1) is 5.82 Å². The largest absolute Gasteiger partial charge is 0.348 e. The summed E-state index contributed by atoms with van der Waals surface area (Å²) in [4.78, 5) is 25.2. The molecule has 2 rings (SSSR count). The Balaban J connectivity index is 1.95. The van der Waals surface area contributed by atoms with Gasteiger partial charge in [0, 0.05) is 30.0 Å². The number of amides is 2. The molecule has 1 aliphatic heterocycles. The summed E-state index contributed by atoms with van der Waals surface area (Å²) in [6, 6.07) is 4.09. The Morgan fingerprint density at radius 2 is 2.30 bits per heavy atom. The van der Waals surface area contributed by atoms with E-state index < -0.39 is 11.7 Å². The Morgan fingerprint density at radius 1 is 1.55 bits per heavy atom. The third-order valence-corrected chi connectivity index (χ3v) is 3.71. The summed E-state index contributed by atoms with van der Waals surface area (Å²) < 4.78 is 14.2. The molecule has 0 aliphatic carbocycles. The van der Waals surface area contributed by atoms with Gasteiger partial charge < -0.3 is 10.2 Å². The number of nitrogens with one attached hydrogen (secondary N) is 1. The zero-order chi connectivity index (χ0) is 14.7. The van der Waals surface area contributed by atoms with Crippen molar-refractivity contribution in [3.63, 3.8) is 0 Å². The molecule has 0 spiro atoms. The van der Waals surface area contributed by atoms with Crippen molar-refractivity contribution in [2.24, 2.45) is 0 Å². The van der Waals surface area contributed by atoms with Gasteiger partial charge in [0.1, 0.15) is 5.82 Å². The number of carbonyl (C=O) groups is 2. The fourth-order valence-corrected chi connectivity index (χ4v) is 2.58. The van der Waals surface area contributed by atoms with Crippen LogP contribution >= 0.6 is 15.9 Å². The van der Waals surface area contributed by atoms with Gasteiger partial charge in [-0.25, -0.2) is 4.39 Å². The second-order valence-corrected chi connectivity index (χ2v) is 5.86. The van der Waals surface area contributed by atoms with Crippen LogP contribution in [-0.4, -0.2) is 35.8 Å². The summed E-state index contributed by atoms with van der Waals surface area (Å²) in [5, 5.41) is 2.72. The number of hydrogen-bond acceptors (Lipinski definition) is 2. The minimum absolute atomic E-state index is 0.00722. The molecule has 1 aliphatic rings. The van der Waals surface area contributed by atoms with Gasteiger partial charge in [0.25, 0.3) is 5.91 Å².